The van der Waals surface area contributed by atoms with E-state index < -0.39 is 6.36 Å². The van der Waals surface area contributed by atoms with E-state index in [2.05, 4.69) is 34.0 Å². The van der Waals surface area contributed by atoms with Crippen molar-refractivity contribution >= 4 is 29.3 Å². The van der Waals surface area contributed by atoms with Crippen LogP contribution in [0.25, 0.3) is 17.1 Å². The summed E-state index contributed by atoms with van der Waals surface area (Å²) < 4.78 is 42.6. The summed E-state index contributed by atoms with van der Waals surface area (Å²) in [6.07, 6.45) is -1.20. The number of benzene rings is 3. The molecule has 12 heteroatoms. The third-order valence-corrected chi connectivity index (χ3v) is 8.07. The Labute approximate surface area is 263 Å². The Balaban J connectivity index is 1.20. The average Bonchev–Trinajstić information content (AvgIpc) is 3.60. The number of nitrogens with one attached hydrogen (secondary N) is 1. The molecule has 2 heterocycles. The second kappa shape index (κ2) is 13.2. The van der Waals surface area contributed by atoms with Gasteiger partial charge in [0.2, 0.25) is 11.8 Å². The average molecular weight is 636 g/mol. The lowest BCUT2D eigenvalue weighted by atomic mass is 9.98. The third kappa shape index (κ3) is 7.93. The zero-order valence-corrected chi connectivity index (χ0v) is 25.9. The fourth-order valence-corrected chi connectivity index (χ4v) is 5.91. The van der Waals surface area contributed by atoms with Gasteiger partial charge in [0.05, 0.1) is 22.2 Å². The Hall–Kier alpha value is -4.58. The summed E-state index contributed by atoms with van der Waals surface area (Å²) in [7, 11) is 0. The molecule has 0 saturated carbocycles. The van der Waals surface area contributed by atoms with Crippen LogP contribution in [0.2, 0.25) is 0 Å². The SMILES string of the molecule is Cc1ccc(C(C)C)c(N2C(=O)CS/C2=C\C(=O)N[C@H](C)Cc2ccc(-c3ncn(-c4ccc(OC(F)(F)F)cc4)n3)cc2)c1. The molecule has 0 bridgehead atoms. The number of nitrogens with zero attached hydrogens (tertiary/aromatic N) is 4. The number of hydrogen-bond acceptors (Lipinski definition) is 6. The van der Waals surface area contributed by atoms with Crippen LogP contribution < -0.4 is 15.0 Å². The van der Waals surface area contributed by atoms with Gasteiger partial charge in [0.15, 0.2) is 5.82 Å². The highest BCUT2D eigenvalue weighted by Gasteiger charge is 2.32. The predicted molar refractivity (Wildman–Crippen MR) is 168 cm³/mol. The zero-order chi connectivity index (χ0) is 32.3. The Kier molecular flexibility index (Phi) is 9.33. The van der Waals surface area contributed by atoms with Crippen LogP contribution in [0.4, 0.5) is 18.9 Å². The van der Waals surface area contributed by atoms with Crippen molar-refractivity contribution in [1.82, 2.24) is 20.1 Å². The second-order valence-electron chi connectivity index (χ2n) is 11.1. The zero-order valence-electron chi connectivity index (χ0n) is 25.1. The molecule has 1 aliphatic heterocycles. The van der Waals surface area contributed by atoms with E-state index in [9.17, 15) is 22.8 Å². The van der Waals surface area contributed by atoms with Crippen molar-refractivity contribution in [1.29, 1.82) is 0 Å². The lowest BCUT2D eigenvalue weighted by Gasteiger charge is -2.23. The molecule has 1 atom stereocenters. The lowest BCUT2D eigenvalue weighted by Crippen LogP contribution is -2.34. The van der Waals surface area contributed by atoms with Crippen LogP contribution in [-0.4, -0.2) is 44.7 Å². The van der Waals surface area contributed by atoms with Crippen molar-refractivity contribution in [2.75, 3.05) is 10.7 Å². The van der Waals surface area contributed by atoms with E-state index >= 15 is 0 Å². The number of alkyl halides is 3. The molecule has 4 aromatic rings. The number of aryl methyl sites for hydroxylation is 1. The van der Waals surface area contributed by atoms with Gasteiger partial charge in [-0.1, -0.05) is 62.0 Å². The summed E-state index contributed by atoms with van der Waals surface area (Å²) in [4.78, 5) is 31.8. The van der Waals surface area contributed by atoms with Crippen molar-refractivity contribution < 1.29 is 27.5 Å². The smallest absolute Gasteiger partial charge is 0.406 e. The van der Waals surface area contributed by atoms with Crippen LogP contribution in [-0.2, 0) is 16.0 Å². The van der Waals surface area contributed by atoms with Gasteiger partial charge in [0.25, 0.3) is 0 Å². The van der Waals surface area contributed by atoms with E-state index in [0.29, 0.717) is 23.0 Å². The number of halogens is 3. The number of amides is 2. The van der Waals surface area contributed by atoms with Crippen LogP contribution in [0.3, 0.4) is 0 Å². The predicted octanol–water partition coefficient (Wildman–Crippen LogP) is 6.93. The molecule has 1 N–H and O–H groups in total. The first-order valence-electron chi connectivity index (χ1n) is 14.3. The summed E-state index contributed by atoms with van der Waals surface area (Å²) in [5.74, 6) is 0.312. The minimum atomic E-state index is -4.76. The molecule has 45 heavy (non-hydrogen) atoms. The van der Waals surface area contributed by atoms with Gasteiger partial charge in [0.1, 0.15) is 12.1 Å². The Bertz CT molecular complexity index is 1720. The van der Waals surface area contributed by atoms with Crippen LogP contribution in [0.1, 0.15) is 43.4 Å². The third-order valence-electron chi connectivity index (χ3n) is 7.09. The van der Waals surface area contributed by atoms with E-state index in [-0.39, 0.29) is 35.3 Å². The molecule has 234 valence electrons. The maximum absolute atomic E-state index is 13.0. The molecule has 5 rings (SSSR count). The first kappa shape index (κ1) is 31.8. The standard InChI is InChI=1S/C33H32F3N5O3S/c1-20(2)27-14-5-21(3)15-28(27)41-30(43)18-45-31(41)17-29(42)38-22(4)16-23-6-8-24(9-7-23)32-37-19-40(39-32)25-10-12-26(13-11-25)44-33(34,35)36/h5-15,17,19-20,22H,16,18H2,1-4H3,(H,38,42)/b31-17-/t22-/m1/s1. The summed E-state index contributed by atoms with van der Waals surface area (Å²) >= 11 is 1.36. The topological polar surface area (TPSA) is 89.4 Å². The number of carbonyl (C=O) groups is 2. The fraction of sp³-hybridized carbons (Fsp3) is 0.273. The maximum atomic E-state index is 13.0. The normalized spacial score (nSPS) is 15.2. The van der Waals surface area contributed by atoms with Gasteiger partial charge in [-0.25, -0.2) is 9.67 Å². The molecule has 1 saturated heterocycles. The van der Waals surface area contributed by atoms with E-state index in [4.69, 9.17) is 0 Å². The largest absolute Gasteiger partial charge is 0.573 e. The van der Waals surface area contributed by atoms with Crippen LogP contribution in [0, 0.1) is 6.92 Å². The van der Waals surface area contributed by atoms with Crippen molar-refractivity contribution in [3.8, 4) is 22.8 Å². The molecule has 1 aromatic heterocycles. The van der Waals surface area contributed by atoms with Crippen molar-refractivity contribution in [3.63, 3.8) is 0 Å². The van der Waals surface area contributed by atoms with Crippen molar-refractivity contribution in [3.05, 3.63) is 101 Å². The molecule has 2 amide bonds. The summed E-state index contributed by atoms with van der Waals surface area (Å²) in [6.45, 7) is 8.06. The highest BCUT2D eigenvalue weighted by molar-refractivity contribution is 8.04. The molecule has 1 fully saturated rings. The second-order valence-corrected chi connectivity index (χ2v) is 12.1. The van der Waals surface area contributed by atoms with Gasteiger partial charge >= 0.3 is 6.36 Å². The molecule has 0 aliphatic carbocycles. The van der Waals surface area contributed by atoms with Gasteiger partial charge in [0, 0.05) is 17.7 Å². The van der Waals surface area contributed by atoms with Crippen LogP contribution in [0.15, 0.2) is 84.2 Å². The van der Waals surface area contributed by atoms with Gasteiger partial charge in [-0.3, -0.25) is 14.5 Å². The molecule has 0 unspecified atom stereocenters. The summed E-state index contributed by atoms with van der Waals surface area (Å²) in [6, 6.07) is 18.8. The highest BCUT2D eigenvalue weighted by Crippen LogP contribution is 2.38. The number of anilines is 1. The van der Waals surface area contributed by atoms with Crippen molar-refractivity contribution in [2.45, 2.75) is 52.4 Å². The number of rotatable bonds is 9. The molecule has 0 radical (unpaired) electrons. The monoisotopic (exact) mass is 635 g/mol. The molecular weight excluding hydrogens is 603 g/mol. The molecule has 1 aliphatic rings. The minimum absolute atomic E-state index is 0.0487. The van der Waals surface area contributed by atoms with Gasteiger partial charge in [-0.05, 0) is 73.2 Å². The van der Waals surface area contributed by atoms with E-state index in [1.165, 1.54) is 53.1 Å². The van der Waals surface area contributed by atoms with Gasteiger partial charge in [-0.2, -0.15) is 0 Å². The van der Waals surface area contributed by atoms with Gasteiger partial charge < -0.3 is 10.1 Å². The summed E-state index contributed by atoms with van der Waals surface area (Å²) in [5.41, 5.74) is 5.19. The minimum Gasteiger partial charge on any atom is -0.406 e. The Morgan fingerprint density at radius 1 is 1.07 bits per heavy atom. The number of aromatic nitrogens is 3. The van der Waals surface area contributed by atoms with Crippen molar-refractivity contribution in [2.24, 2.45) is 0 Å². The van der Waals surface area contributed by atoms with E-state index in [0.717, 1.165) is 27.9 Å². The Morgan fingerprint density at radius 2 is 1.78 bits per heavy atom. The first-order chi connectivity index (χ1) is 21.4. The fourth-order valence-electron chi connectivity index (χ4n) is 4.99. The van der Waals surface area contributed by atoms with Crippen LogP contribution >= 0.6 is 11.8 Å². The number of ether oxygens (including phenoxy) is 1. The highest BCUT2D eigenvalue weighted by atomic mass is 32.2. The number of carbonyl (C=O) groups excluding carboxylic acids is 2. The van der Waals surface area contributed by atoms with E-state index in [1.807, 2.05) is 56.3 Å². The van der Waals surface area contributed by atoms with Gasteiger partial charge in [-0.15, -0.1) is 18.3 Å². The Morgan fingerprint density at radius 3 is 2.44 bits per heavy atom. The number of hydrogen-bond donors (Lipinski definition) is 1. The van der Waals surface area contributed by atoms with Crippen LogP contribution in [0.5, 0.6) is 5.75 Å². The lowest BCUT2D eigenvalue weighted by molar-refractivity contribution is -0.274. The molecule has 0 spiro atoms. The maximum Gasteiger partial charge on any atom is 0.573 e. The first-order valence-corrected chi connectivity index (χ1v) is 15.3. The molecule has 3 aromatic carbocycles. The summed E-state index contributed by atoms with van der Waals surface area (Å²) in [5, 5.41) is 8.06. The van der Waals surface area contributed by atoms with E-state index in [1.54, 1.807) is 4.90 Å². The molecule has 8 nitrogen and oxygen atoms in total. The molecular formula is C33H32F3N5O3S. The number of thioether (sulfide) groups is 1. The quantitative estimate of drug-likeness (QED) is 0.201.